The molecule has 0 saturated carbocycles. The third-order valence-corrected chi connectivity index (χ3v) is 7.33. The van der Waals surface area contributed by atoms with Crippen molar-refractivity contribution in [1.82, 2.24) is 30.4 Å². The van der Waals surface area contributed by atoms with Crippen LogP contribution in [0.4, 0.5) is 5.82 Å². The molecule has 5 rings (SSSR count). The number of carbonyl (C=O) groups is 1. The van der Waals surface area contributed by atoms with Gasteiger partial charge in [0.25, 0.3) is 0 Å². The Morgan fingerprint density at radius 1 is 1.11 bits per heavy atom. The van der Waals surface area contributed by atoms with Gasteiger partial charge in [-0.2, -0.15) is 0 Å². The standard InChI is InChI=1S/C25H27N7O3S/c1-17-3-7-19(8-4-17)32-14-21-23(30-32)28-16-29-24(21)31-12-11-26-22(15-31)25(33)27-13-18-5-9-20(10-6-18)36(2,34)35/h3-10,14,16,22,26H,11-13,15H2,1-2H3,(H,27,33). The molecule has 1 amide bonds. The Morgan fingerprint density at radius 3 is 2.58 bits per heavy atom. The van der Waals surface area contributed by atoms with E-state index in [9.17, 15) is 13.2 Å². The quantitative estimate of drug-likeness (QED) is 0.405. The predicted octanol–water partition coefficient (Wildman–Crippen LogP) is 1.62. The van der Waals surface area contributed by atoms with E-state index in [1.54, 1.807) is 28.9 Å². The van der Waals surface area contributed by atoms with Crippen molar-refractivity contribution in [3.05, 3.63) is 72.2 Å². The first-order valence-electron chi connectivity index (χ1n) is 11.6. The lowest BCUT2D eigenvalue weighted by Gasteiger charge is -2.33. The third kappa shape index (κ3) is 5.07. The first kappa shape index (κ1) is 23.9. The molecule has 1 unspecified atom stereocenters. The fourth-order valence-corrected chi connectivity index (χ4v) is 4.82. The van der Waals surface area contributed by atoms with Gasteiger partial charge < -0.3 is 15.5 Å². The van der Waals surface area contributed by atoms with Gasteiger partial charge in [0.05, 0.1) is 16.0 Å². The van der Waals surface area contributed by atoms with Gasteiger partial charge in [-0.05, 0) is 36.8 Å². The van der Waals surface area contributed by atoms with Gasteiger partial charge >= 0.3 is 0 Å². The van der Waals surface area contributed by atoms with Crippen LogP contribution in [0.3, 0.4) is 0 Å². The number of hydrogen-bond donors (Lipinski definition) is 2. The summed E-state index contributed by atoms with van der Waals surface area (Å²) in [5, 5.41) is 11.6. The first-order chi connectivity index (χ1) is 17.3. The highest BCUT2D eigenvalue weighted by Gasteiger charge is 2.27. The van der Waals surface area contributed by atoms with Gasteiger partial charge in [0.2, 0.25) is 5.91 Å². The van der Waals surface area contributed by atoms with Gasteiger partial charge in [-0.25, -0.2) is 23.1 Å². The van der Waals surface area contributed by atoms with Crippen LogP contribution in [0.5, 0.6) is 0 Å². The van der Waals surface area contributed by atoms with E-state index in [1.807, 2.05) is 37.4 Å². The number of carbonyl (C=O) groups excluding carboxylic acids is 1. The minimum atomic E-state index is -3.25. The molecule has 2 N–H and O–H groups in total. The third-order valence-electron chi connectivity index (χ3n) is 6.20. The number of anilines is 1. The molecule has 1 fully saturated rings. The van der Waals surface area contributed by atoms with E-state index < -0.39 is 15.9 Å². The lowest BCUT2D eigenvalue weighted by atomic mass is 10.1. The number of aryl methyl sites for hydroxylation is 1. The molecular formula is C25H27N7O3S. The Hall–Kier alpha value is -3.83. The van der Waals surface area contributed by atoms with Crippen LogP contribution in [0.15, 0.2) is 66.0 Å². The second kappa shape index (κ2) is 9.67. The molecule has 10 nitrogen and oxygen atoms in total. The number of rotatable bonds is 6. The van der Waals surface area contributed by atoms with E-state index in [1.165, 1.54) is 18.1 Å². The summed E-state index contributed by atoms with van der Waals surface area (Å²) in [7, 11) is -3.25. The molecule has 0 radical (unpaired) electrons. The van der Waals surface area contributed by atoms with Crippen LogP contribution < -0.4 is 15.5 Å². The highest BCUT2D eigenvalue weighted by Crippen LogP contribution is 2.24. The molecule has 11 heteroatoms. The molecule has 1 aliphatic rings. The van der Waals surface area contributed by atoms with E-state index in [4.69, 9.17) is 0 Å². The highest BCUT2D eigenvalue weighted by atomic mass is 32.2. The molecule has 2 aromatic heterocycles. The summed E-state index contributed by atoms with van der Waals surface area (Å²) in [4.78, 5) is 24.1. The second-order valence-electron chi connectivity index (χ2n) is 8.93. The van der Waals surface area contributed by atoms with E-state index in [0.717, 1.165) is 22.5 Å². The summed E-state index contributed by atoms with van der Waals surface area (Å²) >= 11 is 0. The number of nitrogens with zero attached hydrogens (tertiary/aromatic N) is 5. The number of nitrogens with one attached hydrogen (secondary N) is 2. The molecule has 1 aliphatic heterocycles. The number of piperazine rings is 1. The minimum Gasteiger partial charge on any atom is -0.353 e. The average Bonchev–Trinajstić information content (AvgIpc) is 3.32. The molecule has 0 bridgehead atoms. The van der Waals surface area contributed by atoms with Crippen molar-refractivity contribution in [2.24, 2.45) is 0 Å². The number of amides is 1. The van der Waals surface area contributed by atoms with Gasteiger partial charge in [0.1, 0.15) is 18.2 Å². The van der Waals surface area contributed by atoms with Crippen LogP contribution in [0.25, 0.3) is 16.7 Å². The maximum absolute atomic E-state index is 12.9. The molecule has 4 aromatic rings. The average molecular weight is 506 g/mol. The fraction of sp³-hybridized carbons (Fsp3) is 0.280. The molecule has 36 heavy (non-hydrogen) atoms. The molecule has 0 aliphatic carbocycles. The minimum absolute atomic E-state index is 0.132. The molecule has 0 spiro atoms. The van der Waals surface area contributed by atoms with Crippen LogP contribution >= 0.6 is 0 Å². The van der Waals surface area contributed by atoms with Crippen molar-refractivity contribution in [3.8, 4) is 5.69 Å². The maximum Gasteiger partial charge on any atom is 0.239 e. The van der Waals surface area contributed by atoms with Gasteiger partial charge in [-0.1, -0.05) is 29.8 Å². The monoisotopic (exact) mass is 505 g/mol. The Morgan fingerprint density at radius 2 is 1.86 bits per heavy atom. The Balaban J connectivity index is 1.28. The lowest BCUT2D eigenvalue weighted by molar-refractivity contribution is -0.123. The summed E-state index contributed by atoms with van der Waals surface area (Å²) in [6.07, 6.45) is 4.59. The SMILES string of the molecule is Cc1ccc(-n2cc3c(N4CCNC(C(=O)NCc5ccc(S(C)(=O)=O)cc5)C4)ncnc3n2)cc1. The molecular weight excluding hydrogens is 478 g/mol. The van der Waals surface area contributed by atoms with Crippen molar-refractivity contribution in [2.75, 3.05) is 30.8 Å². The van der Waals surface area contributed by atoms with E-state index in [2.05, 4.69) is 30.6 Å². The maximum atomic E-state index is 12.9. The second-order valence-corrected chi connectivity index (χ2v) is 10.9. The van der Waals surface area contributed by atoms with Gasteiger partial charge in [-0.3, -0.25) is 4.79 Å². The topological polar surface area (TPSA) is 122 Å². The normalized spacial score (nSPS) is 16.3. The van der Waals surface area contributed by atoms with E-state index in [0.29, 0.717) is 31.8 Å². The summed E-state index contributed by atoms with van der Waals surface area (Å²) in [5.74, 6) is 0.613. The van der Waals surface area contributed by atoms with Crippen molar-refractivity contribution >= 4 is 32.6 Å². The Bertz CT molecular complexity index is 1500. The molecule has 1 saturated heterocycles. The van der Waals surface area contributed by atoms with Crippen LogP contribution in [0.2, 0.25) is 0 Å². The smallest absolute Gasteiger partial charge is 0.239 e. The zero-order chi connectivity index (χ0) is 25.3. The predicted molar refractivity (Wildman–Crippen MR) is 137 cm³/mol. The molecule has 186 valence electrons. The van der Waals surface area contributed by atoms with Crippen molar-refractivity contribution in [2.45, 2.75) is 24.4 Å². The molecule has 2 aromatic carbocycles. The summed E-state index contributed by atoms with van der Waals surface area (Å²) in [6.45, 7) is 4.11. The van der Waals surface area contributed by atoms with Crippen LogP contribution in [0.1, 0.15) is 11.1 Å². The fourth-order valence-electron chi connectivity index (χ4n) is 4.19. The van der Waals surface area contributed by atoms with Crippen LogP contribution in [-0.4, -0.2) is 66.0 Å². The van der Waals surface area contributed by atoms with Gasteiger partial charge in [0, 0.05) is 38.6 Å². The number of sulfone groups is 1. The van der Waals surface area contributed by atoms with Crippen LogP contribution in [-0.2, 0) is 21.2 Å². The summed E-state index contributed by atoms with van der Waals surface area (Å²) in [6, 6.07) is 14.2. The summed E-state index contributed by atoms with van der Waals surface area (Å²) in [5.41, 5.74) is 3.53. The van der Waals surface area contributed by atoms with Gasteiger partial charge in [-0.15, -0.1) is 5.10 Å². The number of fused-ring (bicyclic) bond motifs is 1. The highest BCUT2D eigenvalue weighted by molar-refractivity contribution is 7.90. The molecule has 3 heterocycles. The lowest BCUT2D eigenvalue weighted by Crippen LogP contribution is -2.57. The number of benzene rings is 2. The van der Waals surface area contributed by atoms with Crippen molar-refractivity contribution in [1.29, 1.82) is 0 Å². The van der Waals surface area contributed by atoms with Crippen LogP contribution in [0, 0.1) is 6.92 Å². The van der Waals surface area contributed by atoms with Crippen molar-refractivity contribution < 1.29 is 13.2 Å². The Labute approximate surface area is 209 Å². The molecule has 1 atom stereocenters. The zero-order valence-corrected chi connectivity index (χ0v) is 20.9. The van der Waals surface area contributed by atoms with E-state index >= 15 is 0 Å². The number of aromatic nitrogens is 4. The number of hydrogen-bond acceptors (Lipinski definition) is 8. The van der Waals surface area contributed by atoms with Crippen molar-refractivity contribution in [3.63, 3.8) is 0 Å². The Kier molecular flexibility index (Phi) is 6.42. The largest absolute Gasteiger partial charge is 0.353 e. The zero-order valence-electron chi connectivity index (χ0n) is 20.0. The summed E-state index contributed by atoms with van der Waals surface area (Å²) < 4.78 is 25.1. The first-order valence-corrected chi connectivity index (χ1v) is 13.5. The van der Waals surface area contributed by atoms with E-state index in [-0.39, 0.29) is 10.8 Å². The van der Waals surface area contributed by atoms with Gasteiger partial charge in [0.15, 0.2) is 15.5 Å².